The summed E-state index contributed by atoms with van der Waals surface area (Å²) in [6.07, 6.45) is -2.49. The number of rotatable bonds is 0. The monoisotopic (exact) mass is 214 g/mol. The van der Waals surface area contributed by atoms with E-state index in [9.17, 15) is 13.2 Å². The molecule has 2 aromatic heterocycles. The number of alkyl halides is 3. The largest absolute Gasteiger partial charge is 0.417 e. The Morgan fingerprint density at radius 3 is 2.53 bits per heavy atom. The van der Waals surface area contributed by atoms with Crippen LogP contribution in [0.2, 0.25) is 0 Å². The lowest BCUT2D eigenvalue weighted by atomic mass is 10.2. The van der Waals surface area contributed by atoms with Crippen LogP contribution >= 0.6 is 0 Å². The quantitative estimate of drug-likeness (QED) is 0.723. The summed E-state index contributed by atoms with van der Waals surface area (Å²) in [5.41, 5.74) is 4.58. The number of hydrogen-bond acceptors (Lipinski definition) is 4. The third-order valence-electron chi connectivity index (χ3n) is 1.78. The van der Waals surface area contributed by atoms with Gasteiger partial charge in [-0.3, -0.25) is 0 Å². The molecule has 2 N–H and O–H groups in total. The SMILES string of the molecule is Nc1ncc2cc(C(F)(F)F)cnc2n1. The van der Waals surface area contributed by atoms with E-state index in [0.717, 1.165) is 12.3 Å². The van der Waals surface area contributed by atoms with Crippen molar-refractivity contribution in [2.75, 3.05) is 5.73 Å². The molecule has 0 aliphatic heterocycles. The molecule has 2 heterocycles. The Morgan fingerprint density at radius 2 is 1.87 bits per heavy atom. The molecule has 78 valence electrons. The second kappa shape index (κ2) is 3.04. The number of fused-ring (bicyclic) bond motifs is 1. The zero-order valence-electron chi connectivity index (χ0n) is 7.28. The van der Waals surface area contributed by atoms with Gasteiger partial charge in [-0.2, -0.15) is 18.2 Å². The molecule has 0 radical (unpaired) electrons. The number of halogens is 3. The van der Waals surface area contributed by atoms with Crippen LogP contribution in [0, 0.1) is 0 Å². The van der Waals surface area contributed by atoms with E-state index in [2.05, 4.69) is 15.0 Å². The van der Waals surface area contributed by atoms with Gasteiger partial charge in [0.15, 0.2) is 5.65 Å². The van der Waals surface area contributed by atoms with Crippen LogP contribution in [0.25, 0.3) is 11.0 Å². The van der Waals surface area contributed by atoms with E-state index in [1.54, 1.807) is 0 Å². The fourth-order valence-corrected chi connectivity index (χ4v) is 1.09. The normalized spacial score (nSPS) is 11.9. The van der Waals surface area contributed by atoms with Crippen molar-refractivity contribution in [3.8, 4) is 0 Å². The van der Waals surface area contributed by atoms with Crippen LogP contribution < -0.4 is 5.73 Å². The van der Waals surface area contributed by atoms with Crippen molar-refractivity contribution in [3.05, 3.63) is 24.0 Å². The second-order valence-electron chi connectivity index (χ2n) is 2.86. The molecule has 0 saturated carbocycles. The Labute approximate surface area is 82.0 Å². The number of aromatic nitrogens is 3. The highest BCUT2D eigenvalue weighted by Crippen LogP contribution is 2.29. The Kier molecular flexibility index (Phi) is 1.95. The van der Waals surface area contributed by atoms with Crippen molar-refractivity contribution < 1.29 is 13.2 Å². The fraction of sp³-hybridized carbons (Fsp3) is 0.125. The van der Waals surface area contributed by atoms with Crippen LogP contribution in [0.1, 0.15) is 5.56 Å². The van der Waals surface area contributed by atoms with Gasteiger partial charge in [-0.05, 0) is 6.07 Å². The second-order valence-corrected chi connectivity index (χ2v) is 2.86. The molecule has 0 aliphatic carbocycles. The average Bonchev–Trinajstić information content (AvgIpc) is 2.15. The molecule has 15 heavy (non-hydrogen) atoms. The van der Waals surface area contributed by atoms with Crippen molar-refractivity contribution in [2.45, 2.75) is 6.18 Å². The summed E-state index contributed by atoms with van der Waals surface area (Å²) in [7, 11) is 0. The molecule has 0 aliphatic rings. The van der Waals surface area contributed by atoms with Gasteiger partial charge in [-0.25, -0.2) is 9.97 Å². The minimum absolute atomic E-state index is 0.0187. The molecular weight excluding hydrogens is 209 g/mol. The lowest BCUT2D eigenvalue weighted by Gasteiger charge is -2.06. The minimum Gasteiger partial charge on any atom is -0.368 e. The lowest BCUT2D eigenvalue weighted by molar-refractivity contribution is -0.137. The summed E-state index contributed by atoms with van der Waals surface area (Å²) >= 11 is 0. The Bertz CT molecular complexity index is 509. The first kappa shape index (κ1) is 9.63. The van der Waals surface area contributed by atoms with E-state index in [1.165, 1.54) is 6.20 Å². The molecule has 0 atom stereocenters. The van der Waals surface area contributed by atoms with Crippen molar-refractivity contribution in [3.63, 3.8) is 0 Å². The maximum Gasteiger partial charge on any atom is 0.417 e. The molecule has 0 saturated heterocycles. The third kappa shape index (κ3) is 1.80. The topological polar surface area (TPSA) is 64.7 Å². The van der Waals surface area contributed by atoms with Gasteiger partial charge in [0, 0.05) is 17.8 Å². The molecule has 2 rings (SSSR count). The number of nitrogens with zero attached hydrogens (tertiary/aromatic N) is 3. The summed E-state index contributed by atoms with van der Waals surface area (Å²) in [4.78, 5) is 10.8. The molecule has 0 amide bonds. The predicted octanol–water partition coefficient (Wildman–Crippen LogP) is 1.63. The van der Waals surface area contributed by atoms with Crippen LogP contribution in [-0.2, 0) is 6.18 Å². The van der Waals surface area contributed by atoms with E-state index in [1.807, 2.05) is 0 Å². The van der Waals surface area contributed by atoms with Crippen LogP contribution in [0.3, 0.4) is 0 Å². The Morgan fingerprint density at radius 1 is 1.13 bits per heavy atom. The minimum atomic E-state index is -4.41. The summed E-state index contributed by atoms with van der Waals surface area (Å²) in [6.45, 7) is 0. The highest BCUT2D eigenvalue weighted by Gasteiger charge is 2.31. The van der Waals surface area contributed by atoms with Crippen LogP contribution in [0.4, 0.5) is 19.1 Å². The smallest absolute Gasteiger partial charge is 0.368 e. The molecular formula is C8H5F3N4. The van der Waals surface area contributed by atoms with E-state index in [-0.39, 0.29) is 17.0 Å². The van der Waals surface area contributed by atoms with Crippen LogP contribution in [0.5, 0.6) is 0 Å². The summed E-state index contributed by atoms with van der Waals surface area (Å²) < 4.78 is 36.9. The van der Waals surface area contributed by atoms with Crippen molar-refractivity contribution >= 4 is 17.0 Å². The van der Waals surface area contributed by atoms with E-state index < -0.39 is 11.7 Å². The molecule has 0 fully saturated rings. The molecule has 0 bridgehead atoms. The predicted molar refractivity (Wildman–Crippen MR) is 46.7 cm³/mol. The number of nitrogen functional groups attached to an aromatic ring is 1. The van der Waals surface area contributed by atoms with Gasteiger partial charge in [0.05, 0.1) is 5.56 Å². The zero-order chi connectivity index (χ0) is 11.1. The standard InChI is InChI=1S/C8H5F3N4/c9-8(10,11)5-1-4-2-14-7(12)15-6(4)13-3-5/h1-3H,(H2,12,13,14,15). The van der Waals surface area contributed by atoms with Crippen LogP contribution in [-0.4, -0.2) is 15.0 Å². The van der Waals surface area contributed by atoms with Crippen molar-refractivity contribution in [1.82, 2.24) is 15.0 Å². The molecule has 2 aromatic rings. The molecule has 4 nitrogen and oxygen atoms in total. The first-order valence-corrected chi connectivity index (χ1v) is 3.92. The summed E-state index contributed by atoms with van der Waals surface area (Å²) in [5, 5.41) is 0.207. The van der Waals surface area contributed by atoms with Gasteiger partial charge >= 0.3 is 6.18 Å². The number of anilines is 1. The lowest BCUT2D eigenvalue weighted by Crippen LogP contribution is -2.06. The van der Waals surface area contributed by atoms with Crippen molar-refractivity contribution in [1.29, 1.82) is 0 Å². The van der Waals surface area contributed by atoms with Gasteiger partial charge in [0.2, 0.25) is 5.95 Å². The zero-order valence-corrected chi connectivity index (χ0v) is 7.28. The maximum absolute atomic E-state index is 12.3. The van der Waals surface area contributed by atoms with E-state index in [0.29, 0.717) is 0 Å². The summed E-state index contributed by atoms with van der Waals surface area (Å²) in [6, 6.07) is 0.932. The first-order chi connectivity index (χ1) is 6.97. The highest BCUT2D eigenvalue weighted by molar-refractivity contribution is 5.75. The molecule has 7 heteroatoms. The Hall–Kier alpha value is -1.92. The average molecular weight is 214 g/mol. The summed E-state index contributed by atoms with van der Waals surface area (Å²) in [5.74, 6) is -0.0187. The van der Waals surface area contributed by atoms with Gasteiger partial charge in [0.1, 0.15) is 0 Å². The van der Waals surface area contributed by atoms with Crippen molar-refractivity contribution in [2.24, 2.45) is 0 Å². The first-order valence-electron chi connectivity index (χ1n) is 3.92. The number of hydrogen-bond donors (Lipinski definition) is 1. The highest BCUT2D eigenvalue weighted by atomic mass is 19.4. The van der Waals surface area contributed by atoms with Gasteiger partial charge < -0.3 is 5.73 Å². The Balaban J connectivity index is 2.62. The van der Waals surface area contributed by atoms with E-state index >= 15 is 0 Å². The van der Waals surface area contributed by atoms with Gasteiger partial charge in [0.25, 0.3) is 0 Å². The van der Waals surface area contributed by atoms with Gasteiger partial charge in [-0.15, -0.1) is 0 Å². The van der Waals surface area contributed by atoms with Gasteiger partial charge in [-0.1, -0.05) is 0 Å². The fourth-order valence-electron chi connectivity index (χ4n) is 1.09. The maximum atomic E-state index is 12.3. The van der Waals surface area contributed by atoms with Crippen LogP contribution in [0.15, 0.2) is 18.5 Å². The number of pyridine rings is 1. The molecule has 0 aromatic carbocycles. The molecule has 0 unspecified atom stereocenters. The number of nitrogens with two attached hydrogens (primary N) is 1. The third-order valence-corrected chi connectivity index (χ3v) is 1.78. The molecule has 0 spiro atoms. The van der Waals surface area contributed by atoms with E-state index in [4.69, 9.17) is 5.73 Å².